The molecule has 2 heterocycles. The van der Waals surface area contributed by atoms with E-state index in [4.69, 9.17) is 5.73 Å². The number of nitrogens with two attached hydrogens (primary N) is 1. The standard InChI is InChI=1S/C28H33N3OS2/c1-6-17-9-11-18(12-10-17)31-22-14-28(4,5)15-23(32)25(22)24(21(16-29)26(31)30)20-13-19(7-2)34-27(20)33-8-3/h9-13,24H,6-8,14-15,30H2,1-5H3/t24-/m0/s1. The number of anilines is 1. The lowest BCUT2D eigenvalue weighted by Crippen LogP contribution is -2.42. The van der Waals surface area contributed by atoms with Gasteiger partial charge >= 0.3 is 0 Å². The van der Waals surface area contributed by atoms with Crippen LogP contribution in [0.15, 0.2) is 57.2 Å². The van der Waals surface area contributed by atoms with Gasteiger partial charge in [0.15, 0.2) is 5.78 Å². The van der Waals surface area contributed by atoms with E-state index in [1.807, 2.05) is 4.90 Å². The van der Waals surface area contributed by atoms with E-state index >= 15 is 0 Å². The number of thioether (sulfide) groups is 1. The van der Waals surface area contributed by atoms with Crippen molar-refractivity contribution in [3.05, 3.63) is 69.0 Å². The number of hydrogen-bond acceptors (Lipinski definition) is 6. The lowest BCUT2D eigenvalue weighted by molar-refractivity contribution is -0.118. The molecule has 0 bridgehead atoms. The van der Waals surface area contributed by atoms with Crippen molar-refractivity contribution in [2.45, 2.75) is 70.4 Å². The van der Waals surface area contributed by atoms with E-state index in [-0.39, 0.29) is 11.2 Å². The van der Waals surface area contributed by atoms with Crippen molar-refractivity contribution in [3.63, 3.8) is 0 Å². The smallest absolute Gasteiger partial charge is 0.162 e. The minimum Gasteiger partial charge on any atom is -0.384 e. The molecule has 6 heteroatoms. The number of rotatable bonds is 6. The molecule has 0 spiro atoms. The Hall–Kier alpha value is -2.49. The zero-order chi connectivity index (χ0) is 24.6. The largest absolute Gasteiger partial charge is 0.384 e. The molecule has 1 aromatic heterocycles. The summed E-state index contributed by atoms with van der Waals surface area (Å²) in [6.45, 7) is 10.7. The Morgan fingerprint density at radius 2 is 1.88 bits per heavy atom. The van der Waals surface area contributed by atoms with Gasteiger partial charge in [0.25, 0.3) is 0 Å². The maximum absolute atomic E-state index is 13.8. The van der Waals surface area contributed by atoms with Crippen molar-refractivity contribution >= 4 is 34.6 Å². The van der Waals surface area contributed by atoms with Crippen LogP contribution in [-0.4, -0.2) is 11.5 Å². The van der Waals surface area contributed by atoms with Gasteiger partial charge in [-0.25, -0.2) is 0 Å². The molecule has 4 nitrogen and oxygen atoms in total. The van der Waals surface area contributed by atoms with Gasteiger partial charge in [0, 0.05) is 28.3 Å². The summed E-state index contributed by atoms with van der Waals surface area (Å²) in [6, 6.07) is 12.9. The van der Waals surface area contributed by atoms with E-state index in [9.17, 15) is 10.1 Å². The first-order chi connectivity index (χ1) is 16.2. The summed E-state index contributed by atoms with van der Waals surface area (Å²) in [5.41, 5.74) is 12.0. The maximum atomic E-state index is 13.8. The molecule has 1 atom stereocenters. The second-order valence-electron chi connectivity index (χ2n) is 9.74. The Labute approximate surface area is 211 Å². The van der Waals surface area contributed by atoms with Crippen molar-refractivity contribution in [1.82, 2.24) is 0 Å². The molecule has 4 rings (SSSR count). The van der Waals surface area contributed by atoms with Crippen molar-refractivity contribution in [3.8, 4) is 6.07 Å². The summed E-state index contributed by atoms with van der Waals surface area (Å²) in [5, 5.41) is 10.4. The normalized spacial score (nSPS) is 19.9. The first-order valence-electron chi connectivity index (χ1n) is 12.0. The molecule has 0 saturated carbocycles. The third-order valence-electron chi connectivity index (χ3n) is 6.69. The summed E-state index contributed by atoms with van der Waals surface area (Å²) in [4.78, 5) is 17.0. The third-order valence-corrected chi connectivity index (χ3v) is 9.17. The molecule has 0 unspecified atom stereocenters. The minimum atomic E-state index is -0.402. The van der Waals surface area contributed by atoms with Gasteiger partial charge in [-0.05, 0) is 59.8 Å². The van der Waals surface area contributed by atoms with Crippen LogP contribution < -0.4 is 10.6 Å². The molecule has 0 radical (unpaired) electrons. The molecule has 2 aromatic rings. The highest BCUT2D eigenvalue weighted by atomic mass is 32.2. The first kappa shape index (κ1) is 24.6. The highest BCUT2D eigenvalue weighted by Gasteiger charge is 2.45. The molecule has 2 aliphatic rings. The van der Waals surface area contributed by atoms with Crippen molar-refractivity contribution in [1.29, 1.82) is 5.26 Å². The van der Waals surface area contributed by atoms with Gasteiger partial charge in [0.1, 0.15) is 5.82 Å². The van der Waals surface area contributed by atoms with E-state index < -0.39 is 5.92 Å². The molecule has 2 N–H and O–H groups in total. The molecule has 178 valence electrons. The van der Waals surface area contributed by atoms with Gasteiger partial charge in [-0.3, -0.25) is 9.69 Å². The number of aryl methyl sites for hydroxylation is 2. The quantitative estimate of drug-likeness (QED) is 0.444. The van der Waals surface area contributed by atoms with E-state index in [1.54, 1.807) is 23.1 Å². The van der Waals surface area contributed by atoms with Gasteiger partial charge in [-0.2, -0.15) is 5.26 Å². The second-order valence-corrected chi connectivity index (χ2v) is 12.4. The van der Waals surface area contributed by atoms with E-state index in [0.29, 0.717) is 17.8 Å². The summed E-state index contributed by atoms with van der Waals surface area (Å²) >= 11 is 3.56. The highest BCUT2D eigenvalue weighted by Crippen LogP contribution is 2.52. The summed E-state index contributed by atoms with van der Waals surface area (Å²) in [6.07, 6.45) is 3.09. The van der Waals surface area contributed by atoms with Crippen LogP contribution in [0.4, 0.5) is 5.69 Å². The van der Waals surface area contributed by atoms with Gasteiger partial charge in [-0.15, -0.1) is 23.1 Å². The Morgan fingerprint density at radius 1 is 1.18 bits per heavy atom. The fraction of sp³-hybridized carbons (Fsp3) is 0.429. The molecule has 0 saturated heterocycles. The molecule has 1 aromatic carbocycles. The van der Waals surface area contributed by atoms with E-state index in [0.717, 1.165) is 47.5 Å². The van der Waals surface area contributed by atoms with Gasteiger partial charge < -0.3 is 5.73 Å². The fourth-order valence-corrected chi connectivity index (χ4v) is 7.43. The van der Waals surface area contributed by atoms with Crippen LogP contribution in [0.5, 0.6) is 0 Å². The van der Waals surface area contributed by atoms with E-state index in [2.05, 4.69) is 71.0 Å². The molecular weight excluding hydrogens is 458 g/mol. The lowest BCUT2D eigenvalue weighted by atomic mass is 9.69. The van der Waals surface area contributed by atoms with Crippen molar-refractivity contribution in [2.24, 2.45) is 11.1 Å². The number of carbonyl (C=O) groups is 1. The zero-order valence-corrected chi connectivity index (χ0v) is 22.3. The van der Waals surface area contributed by atoms with Crippen LogP contribution in [0.1, 0.15) is 69.4 Å². The SMILES string of the molecule is CCSc1sc(CC)cc1[C@H]1C(C#N)=C(N)N(c2ccc(CC)cc2)C2=C1C(=O)CC(C)(C)C2. The van der Waals surface area contributed by atoms with E-state index in [1.165, 1.54) is 14.6 Å². The predicted molar refractivity (Wildman–Crippen MR) is 143 cm³/mol. The topological polar surface area (TPSA) is 70.1 Å². The zero-order valence-electron chi connectivity index (χ0n) is 20.7. The van der Waals surface area contributed by atoms with Crippen LogP contribution in [0.3, 0.4) is 0 Å². The Morgan fingerprint density at radius 3 is 2.47 bits per heavy atom. The van der Waals surface area contributed by atoms with Gasteiger partial charge in [-0.1, -0.05) is 46.8 Å². The lowest BCUT2D eigenvalue weighted by Gasteiger charge is -2.43. The van der Waals surface area contributed by atoms with Crippen LogP contribution in [0.25, 0.3) is 0 Å². The molecule has 34 heavy (non-hydrogen) atoms. The third kappa shape index (κ3) is 4.32. The molecule has 0 fully saturated rings. The molecule has 1 aliphatic carbocycles. The maximum Gasteiger partial charge on any atom is 0.162 e. The van der Waals surface area contributed by atoms with Crippen LogP contribution in [-0.2, 0) is 17.6 Å². The number of ketones is 1. The number of Topliss-reactive ketones (excluding diaryl/α,β-unsaturated/α-hetero) is 1. The second kappa shape index (κ2) is 9.64. The predicted octanol–water partition coefficient (Wildman–Crippen LogP) is 6.93. The fourth-order valence-electron chi connectivity index (χ4n) is 5.05. The van der Waals surface area contributed by atoms with Crippen molar-refractivity contribution in [2.75, 3.05) is 10.7 Å². The highest BCUT2D eigenvalue weighted by molar-refractivity contribution is 8.01. The number of allylic oxidation sites excluding steroid dienone is 3. The number of benzene rings is 1. The Kier molecular flexibility index (Phi) is 6.98. The molecule has 0 amide bonds. The number of carbonyl (C=O) groups excluding carboxylic acids is 1. The average Bonchev–Trinajstić information content (AvgIpc) is 3.20. The van der Waals surface area contributed by atoms with Crippen molar-refractivity contribution < 1.29 is 4.79 Å². The summed E-state index contributed by atoms with van der Waals surface area (Å²) < 4.78 is 1.19. The minimum absolute atomic E-state index is 0.128. The molecular formula is C28H33N3OS2. The number of hydrogen-bond donors (Lipinski definition) is 1. The van der Waals surface area contributed by atoms with Gasteiger partial charge in [0.2, 0.25) is 0 Å². The Balaban J connectivity index is 1.98. The number of nitrogens with zero attached hydrogens (tertiary/aromatic N) is 2. The summed E-state index contributed by atoms with van der Waals surface area (Å²) in [5.74, 6) is 1.11. The van der Waals surface area contributed by atoms with Crippen LogP contribution in [0.2, 0.25) is 0 Å². The molecule has 1 aliphatic heterocycles. The van der Waals surface area contributed by atoms with Crippen LogP contribution >= 0.6 is 23.1 Å². The monoisotopic (exact) mass is 491 g/mol. The average molecular weight is 492 g/mol. The van der Waals surface area contributed by atoms with Gasteiger partial charge in [0.05, 0.1) is 21.8 Å². The first-order valence-corrected chi connectivity index (χ1v) is 13.8. The summed E-state index contributed by atoms with van der Waals surface area (Å²) in [7, 11) is 0. The number of nitriles is 1. The Bertz CT molecular complexity index is 1210. The number of thiophene rings is 1. The van der Waals surface area contributed by atoms with Crippen LogP contribution in [0, 0.1) is 16.7 Å².